The molecule has 2 rings (SSSR count). The summed E-state index contributed by atoms with van der Waals surface area (Å²) in [4.78, 5) is 14.7. The van der Waals surface area contributed by atoms with Crippen molar-refractivity contribution in [2.45, 2.75) is 19.6 Å². The number of aromatic nitrogens is 2. The Balaban J connectivity index is 2.05. The molecule has 0 unspecified atom stereocenters. The predicted octanol–water partition coefficient (Wildman–Crippen LogP) is 2.49. The van der Waals surface area contributed by atoms with E-state index in [1.807, 2.05) is 24.3 Å². The molecule has 0 saturated carbocycles. The van der Waals surface area contributed by atoms with E-state index in [2.05, 4.69) is 26.1 Å². The van der Waals surface area contributed by atoms with Crippen LogP contribution in [-0.2, 0) is 16.1 Å². The molecule has 0 radical (unpaired) electrons. The highest BCUT2D eigenvalue weighted by molar-refractivity contribution is 9.10. The van der Waals surface area contributed by atoms with Gasteiger partial charge in [0.1, 0.15) is 6.61 Å². The lowest BCUT2D eigenvalue weighted by Crippen LogP contribution is -2.19. The van der Waals surface area contributed by atoms with Gasteiger partial charge in [0, 0.05) is 10.0 Å². The van der Waals surface area contributed by atoms with Crippen LogP contribution in [0.25, 0.3) is 11.4 Å². The van der Waals surface area contributed by atoms with Crippen LogP contribution >= 0.6 is 15.9 Å². The van der Waals surface area contributed by atoms with E-state index >= 15 is 0 Å². The minimum Gasteiger partial charge on any atom is -0.479 e. The fourth-order valence-corrected chi connectivity index (χ4v) is 1.73. The van der Waals surface area contributed by atoms with Crippen LogP contribution in [0.1, 0.15) is 12.8 Å². The van der Waals surface area contributed by atoms with Crippen LogP contribution in [0.5, 0.6) is 0 Å². The van der Waals surface area contributed by atoms with Crippen LogP contribution in [0.2, 0.25) is 0 Å². The van der Waals surface area contributed by atoms with Gasteiger partial charge in [-0.1, -0.05) is 33.2 Å². The van der Waals surface area contributed by atoms with E-state index in [-0.39, 0.29) is 12.5 Å². The zero-order chi connectivity index (χ0) is 13.8. The zero-order valence-corrected chi connectivity index (χ0v) is 11.6. The van der Waals surface area contributed by atoms with Gasteiger partial charge in [0.2, 0.25) is 5.82 Å². The zero-order valence-electron chi connectivity index (χ0n) is 10.0. The summed E-state index contributed by atoms with van der Waals surface area (Å²) in [5.41, 5.74) is 0.802. The molecule has 6 nitrogen and oxygen atoms in total. The minimum absolute atomic E-state index is 0.0333. The third-order valence-electron chi connectivity index (χ3n) is 2.36. The molecule has 1 N–H and O–H groups in total. The Kier molecular flexibility index (Phi) is 4.28. The Morgan fingerprint density at radius 2 is 2.37 bits per heavy atom. The Labute approximate surface area is 117 Å². The maximum Gasteiger partial charge on any atom is 0.332 e. The van der Waals surface area contributed by atoms with Crippen LogP contribution in [0, 0.1) is 0 Å². The van der Waals surface area contributed by atoms with Gasteiger partial charge >= 0.3 is 5.97 Å². The predicted molar refractivity (Wildman–Crippen MR) is 69.3 cm³/mol. The van der Waals surface area contributed by atoms with Crippen molar-refractivity contribution >= 4 is 21.9 Å². The summed E-state index contributed by atoms with van der Waals surface area (Å²) in [5, 5.41) is 12.5. The van der Waals surface area contributed by atoms with E-state index in [0.717, 1.165) is 10.0 Å². The number of hydrogen-bond donors (Lipinski definition) is 1. The molecule has 0 spiro atoms. The van der Waals surface area contributed by atoms with Gasteiger partial charge in [-0.3, -0.25) is 0 Å². The monoisotopic (exact) mass is 326 g/mol. The molecule has 0 aliphatic heterocycles. The second-order valence-electron chi connectivity index (χ2n) is 3.81. The van der Waals surface area contributed by atoms with E-state index in [1.54, 1.807) is 0 Å². The van der Waals surface area contributed by atoms with Crippen molar-refractivity contribution in [3.8, 4) is 11.4 Å². The second kappa shape index (κ2) is 5.94. The van der Waals surface area contributed by atoms with Crippen LogP contribution < -0.4 is 0 Å². The number of carbonyl (C=O) groups is 1. The molecular weight excluding hydrogens is 316 g/mol. The summed E-state index contributed by atoms with van der Waals surface area (Å²) in [6, 6.07) is 7.45. The van der Waals surface area contributed by atoms with E-state index in [9.17, 15) is 4.79 Å². The highest BCUT2D eigenvalue weighted by Gasteiger charge is 2.14. The lowest BCUT2D eigenvalue weighted by Gasteiger charge is -2.04. The maximum absolute atomic E-state index is 10.6. The lowest BCUT2D eigenvalue weighted by molar-refractivity contribution is -0.150. The first kappa shape index (κ1) is 13.7. The van der Waals surface area contributed by atoms with Crippen LogP contribution in [0.4, 0.5) is 0 Å². The summed E-state index contributed by atoms with van der Waals surface area (Å²) < 4.78 is 11.0. The normalized spacial score (nSPS) is 12.3. The number of carboxylic acid groups (broad SMARTS) is 1. The fourth-order valence-electron chi connectivity index (χ4n) is 1.33. The molecule has 0 amide bonds. The third-order valence-corrected chi connectivity index (χ3v) is 2.85. The maximum atomic E-state index is 10.6. The third kappa shape index (κ3) is 3.62. The molecule has 0 fully saturated rings. The summed E-state index contributed by atoms with van der Waals surface area (Å²) in [6.07, 6.45) is -0.916. The minimum atomic E-state index is -1.04. The Morgan fingerprint density at radius 1 is 1.58 bits per heavy atom. The van der Waals surface area contributed by atoms with E-state index < -0.39 is 12.1 Å². The standard InChI is InChI=1S/C12H11BrN2O4/c1-7(12(16)17)18-6-10-14-11(15-19-10)8-3-2-4-9(13)5-8/h2-5,7H,6H2,1H3,(H,16,17)/t7-/m1/s1. The van der Waals surface area contributed by atoms with Gasteiger partial charge in [-0.15, -0.1) is 0 Å². The number of nitrogens with zero attached hydrogens (tertiary/aromatic N) is 2. The van der Waals surface area contributed by atoms with Gasteiger partial charge in [0.25, 0.3) is 5.89 Å². The first-order valence-corrected chi connectivity index (χ1v) is 6.28. The van der Waals surface area contributed by atoms with Crippen molar-refractivity contribution in [3.63, 3.8) is 0 Å². The Morgan fingerprint density at radius 3 is 3.05 bits per heavy atom. The fraction of sp³-hybridized carbons (Fsp3) is 0.250. The van der Waals surface area contributed by atoms with Crippen LogP contribution in [-0.4, -0.2) is 27.3 Å². The first-order chi connectivity index (χ1) is 9.06. The summed E-state index contributed by atoms with van der Waals surface area (Å²) in [6.45, 7) is 1.41. The van der Waals surface area contributed by atoms with Gasteiger partial charge in [-0.25, -0.2) is 4.79 Å². The summed E-state index contributed by atoms with van der Waals surface area (Å²) >= 11 is 3.36. The molecule has 1 heterocycles. The van der Waals surface area contributed by atoms with Crippen LogP contribution in [0.3, 0.4) is 0 Å². The highest BCUT2D eigenvalue weighted by Crippen LogP contribution is 2.20. The highest BCUT2D eigenvalue weighted by atomic mass is 79.9. The number of benzene rings is 1. The van der Waals surface area contributed by atoms with Gasteiger partial charge in [-0.05, 0) is 19.1 Å². The number of halogens is 1. The van der Waals surface area contributed by atoms with Crippen molar-refractivity contribution in [1.29, 1.82) is 0 Å². The van der Waals surface area contributed by atoms with Crippen molar-refractivity contribution < 1.29 is 19.2 Å². The average Bonchev–Trinajstić information content (AvgIpc) is 2.84. The van der Waals surface area contributed by atoms with Crippen molar-refractivity contribution in [3.05, 3.63) is 34.6 Å². The second-order valence-corrected chi connectivity index (χ2v) is 4.73. The number of ether oxygens (including phenoxy) is 1. The molecule has 0 bridgehead atoms. The van der Waals surface area contributed by atoms with Gasteiger partial charge in [-0.2, -0.15) is 4.98 Å². The van der Waals surface area contributed by atoms with Gasteiger partial charge in [0.05, 0.1) is 0 Å². The number of carboxylic acids is 1. The SMILES string of the molecule is C[C@@H](OCc1nc(-c2cccc(Br)c2)no1)C(=O)O. The molecule has 1 atom stereocenters. The Hall–Kier alpha value is -1.73. The molecule has 2 aromatic rings. The number of aliphatic carboxylic acids is 1. The van der Waals surface area contributed by atoms with Crippen LogP contribution in [0.15, 0.2) is 33.3 Å². The molecule has 0 saturated heterocycles. The van der Waals surface area contributed by atoms with E-state index in [0.29, 0.717) is 5.82 Å². The lowest BCUT2D eigenvalue weighted by atomic mass is 10.2. The van der Waals surface area contributed by atoms with E-state index in [1.165, 1.54) is 6.92 Å². The molecule has 1 aromatic carbocycles. The van der Waals surface area contributed by atoms with Crippen molar-refractivity contribution in [1.82, 2.24) is 10.1 Å². The molecule has 0 aliphatic rings. The molecule has 19 heavy (non-hydrogen) atoms. The quantitative estimate of drug-likeness (QED) is 0.908. The summed E-state index contributed by atoms with van der Waals surface area (Å²) in [7, 11) is 0. The largest absolute Gasteiger partial charge is 0.479 e. The van der Waals surface area contributed by atoms with Gasteiger partial charge < -0.3 is 14.4 Å². The topological polar surface area (TPSA) is 85.5 Å². The first-order valence-electron chi connectivity index (χ1n) is 5.49. The van der Waals surface area contributed by atoms with E-state index in [4.69, 9.17) is 14.4 Å². The molecule has 1 aromatic heterocycles. The molecular formula is C12H11BrN2O4. The van der Waals surface area contributed by atoms with Crippen molar-refractivity contribution in [2.24, 2.45) is 0 Å². The number of rotatable bonds is 5. The van der Waals surface area contributed by atoms with Gasteiger partial charge in [0.15, 0.2) is 6.10 Å². The number of hydrogen-bond acceptors (Lipinski definition) is 5. The molecule has 0 aliphatic carbocycles. The average molecular weight is 327 g/mol. The molecule has 100 valence electrons. The smallest absolute Gasteiger partial charge is 0.332 e. The van der Waals surface area contributed by atoms with Crippen molar-refractivity contribution in [2.75, 3.05) is 0 Å². The molecule has 7 heteroatoms. The summed E-state index contributed by atoms with van der Waals surface area (Å²) in [5.74, 6) is -0.363. The Bertz CT molecular complexity index is 585.